The van der Waals surface area contributed by atoms with Gasteiger partial charge >= 0.3 is 0 Å². The van der Waals surface area contributed by atoms with E-state index in [1.54, 1.807) is 0 Å². The molecule has 2 aromatic rings. The summed E-state index contributed by atoms with van der Waals surface area (Å²) in [6.45, 7) is 8.62. The molecule has 8 nitrogen and oxygen atoms in total. The van der Waals surface area contributed by atoms with Gasteiger partial charge in [0.2, 0.25) is 5.95 Å². The fraction of sp³-hybridized carbons (Fsp3) is 0.632. The summed E-state index contributed by atoms with van der Waals surface area (Å²) in [7, 11) is 2.15. The van der Waals surface area contributed by atoms with Gasteiger partial charge in [0.25, 0.3) is 0 Å². The molecule has 4 heterocycles. The summed E-state index contributed by atoms with van der Waals surface area (Å²) in [6.07, 6.45) is 8.73. The third kappa shape index (κ3) is 4.12. The Morgan fingerprint density at radius 3 is 2.67 bits per heavy atom. The first-order chi connectivity index (χ1) is 13.2. The number of nitrogens with one attached hydrogen (secondary N) is 1. The fourth-order valence-electron chi connectivity index (χ4n) is 3.76. The van der Waals surface area contributed by atoms with Crippen molar-refractivity contribution in [1.29, 1.82) is 0 Å². The first-order valence-corrected chi connectivity index (χ1v) is 9.85. The topological polar surface area (TPSA) is 71.3 Å². The molecule has 27 heavy (non-hydrogen) atoms. The van der Waals surface area contributed by atoms with Crippen LogP contribution in [0.1, 0.15) is 30.8 Å². The van der Waals surface area contributed by atoms with Gasteiger partial charge in [0.15, 0.2) is 0 Å². The van der Waals surface area contributed by atoms with Crippen LogP contribution >= 0.6 is 0 Å². The fourth-order valence-corrected chi connectivity index (χ4v) is 3.76. The molecule has 4 rings (SSSR count). The SMILES string of the molecule is CCn1ccnc1[C@H]1OCC[C@@H]1NCc1cnc(N2CCN(C)CC2)nc1. The van der Waals surface area contributed by atoms with Crippen molar-refractivity contribution >= 4 is 5.95 Å². The smallest absolute Gasteiger partial charge is 0.225 e. The van der Waals surface area contributed by atoms with Crippen LogP contribution in [-0.2, 0) is 17.8 Å². The Kier molecular flexibility index (Phi) is 5.66. The lowest BCUT2D eigenvalue weighted by Gasteiger charge is -2.32. The van der Waals surface area contributed by atoms with Crippen LogP contribution in [0.5, 0.6) is 0 Å². The zero-order valence-corrected chi connectivity index (χ0v) is 16.2. The number of piperazine rings is 1. The molecule has 8 heteroatoms. The monoisotopic (exact) mass is 371 g/mol. The predicted molar refractivity (Wildman–Crippen MR) is 104 cm³/mol. The van der Waals surface area contributed by atoms with Crippen LogP contribution in [0.25, 0.3) is 0 Å². The molecule has 2 aliphatic rings. The van der Waals surface area contributed by atoms with E-state index in [1.165, 1.54) is 0 Å². The summed E-state index contributed by atoms with van der Waals surface area (Å²) in [5.74, 6) is 1.84. The molecule has 2 aromatic heterocycles. The van der Waals surface area contributed by atoms with Crippen LogP contribution in [0.15, 0.2) is 24.8 Å². The molecule has 2 fully saturated rings. The van der Waals surface area contributed by atoms with Crippen LogP contribution in [0.4, 0.5) is 5.95 Å². The molecule has 1 N–H and O–H groups in total. The number of aryl methyl sites for hydroxylation is 1. The van der Waals surface area contributed by atoms with Gasteiger partial charge in [-0.3, -0.25) is 0 Å². The zero-order valence-electron chi connectivity index (χ0n) is 16.2. The predicted octanol–water partition coefficient (Wildman–Crippen LogP) is 1.06. The van der Waals surface area contributed by atoms with Gasteiger partial charge in [-0.2, -0.15) is 0 Å². The molecular weight excluding hydrogens is 342 g/mol. The van der Waals surface area contributed by atoms with Crippen LogP contribution in [0.2, 0.25) is 0 Å². The second-order valence-corrected chi connectivity index (χ2v) is 7.32. The first kappa shape index (κ1) is 18.3. The maximum Gasteiger partial charge on any atom is 0.225 e. The van der Waals surface area contributed by atoms with Gasteiger partial charge in [-0.05, 0) is 20.4 Å². The average molecular weight is 371 g/mol. The highest BCUT2D eigenvalue weighted by Crippen LogP contribution is 2.28. The molecule has 2 atom stereocenters. The molecule has 0 spiro atoms. The highest BCUT2D eigenvalue weighted by molar-refractivity contribution is 5.30. The van der Waals surface area contributed by atoms with Crippen molar-refractivity contribution in [3.05, 3.63) is 36.2 Å². The summed E-state index contributed by atoms with van der Waals surface area (Å²) in [4.78, 5) is 18.2. The van der Waals surface area contributed by atoms with E-state index in [1.807, 2.05) is 24.8 Å². The van der Waals surface area contributed by atoms with Crippen molar-refractivity contribution in [2.45, 2.75) is 38.6 Å². The van der Waals surface area contributed by atoms with Gasteiger partial charge in [-0.1, -0.05) is 0 Å². The minimum absolute atomic E-state index is 0.00508. The number of ether oxygens (including phenoxy) is 1. The molecule has 0 bridgehead atoms. The largest absolute Gasteiger partial charge is 0.369 e. The van der Waals surface area contributed by atoms with Crippen LogP contribution in [-0.4, -0.2) is 70.3 Å². The van der Waals surface area contributed by atoms with Gasteiger partial charge in [0, 0.05) is 82.3 Å². The number of hydrogen-bond donors (Lipinski definition) is 1. The number of imidazole rings is 1. The summed E-state index contributed by atoms with van der Waals surface area (Å²) in [5, 5.41) is 3.61. The molecular formula is C19H29N7O. The maximum absolute atomic E-state index is 5.96. The average Bonchev–Trinajstić information content (AvgIpc) is 3.36. The van der Waals surface area contributed by atoms with Gasteiger partial charge in [0.05, 0.1) is 0 Å². The number of rotatable bonds is 6. The minimum Gasteiger partial charge on any atom is -0.369 e. The molecule has 2 saturated heterocycles. The summed E-state index contributed by atoms with van der Waals surface area (Å²) >= 11 is 0. The van der Waals surface area contributed by atoms with Gasteiger partial charge in [0.1, 0.15) is 11.9 Å². The second kappa shape index (κ2) is 8.33. The third-order valence-electron chi connectivity index (χ3n) is 5.48. The van der Waals surface area contributed by atoms with E-state index in [4.69, 9.17) is 4.74 Å². The van der Waals surface area contributed by atoms with E-state index >= 15 is 0 Å². The molecule has 0 amide bonds. The standard InChI is InChI=1S/C19H29N7O/c1-3-25-6-5-20-18(25)17-16(4-11-27-17)21-12-15-13-22-19(23-14-15)26-9-7-24(2)8-10-26/h5-6,13-14,16-17,21H,3-4,7-12H2,1-2H3/t16-,17-/m0/s1. The minimum atomic E-state index is 0.00508. The van der Waals surface area contributed by atoms with Gasteiger partial charge in [-0.25, -0.2) is 15.0 Å². The number of anilines is 1. The van der Waals surface area contributed by atoms with Crippen molar-refractivity contribution < 1.29 is 4.74 Å². The Morgan fingerprint density at radius 2 is 1.93 bits per heavy atom. The van der Waals surface area contributed by atoms with Gasteiger partial charge < -0.3 is 24.4 Å². The van der Waals surface area contributed by atoms with E-state index < -0.39 is 0 Å². The maximum atomic E-state index is 5.96. The van der Waals surface area contributed by atoms with Crippen molar-refractivity contribution in [3.8, 4) is 0 Å². The molecule has 0 unspecified atom stereocenters. The Morgan fingerprint density at radius 1 is 1.15 bits per heavy atom. The lowest BCUT2D eigenvalue weighted by atomic mass is 10.1. The number of hydrogen-bond acceptors (Lipinski definition) is 7. The Bertz CT molecular complexity index is 724. The van der Waals surface area contributed by atoms with Crippen molar-refractivity contribution in [2.75, 3.05) is 44.7 Å². The molecule has 146 valence electrons. The lowest BCUT2D eigenvalue weighted by molar-refractivity contribution is 0.0886. The zero-order chi connectivity index (χ0) is 18.6. The third-order valence-corrected chi connectivity index (χ3v) is 5.48. The van der Waals surface area contributed by atoms with Crippen LogP contribution < -0.4 is 10.2 Å². The molecule has 0 radical (unpaired) electrons. The molecule has 0 aromatic carbocycles. The molecule has 0 aliphatic carbocycles. The number of aromatic nitrogens is 4. The van der Waals surface area contributed by atoms with E-state index in [0.717, 1.165) is 69.6 Å². The van der Waals surface area contributed by atoms with E-state index in [-0.39, 0.29) is 12.1 Å². The molecule has 2 aliphatic heterocycles. The Balaban J connectivity index is 1.34. The summed E-state index contributed by atoms with van der Waals surface area (Å²) in [6, 6.07) is 0.259. The van der Waals surface area contributed by atoms with E-state index in [2.05, 4.69) is 48.6 Å². The highest BCUT2D eigenvalue weighted by atomic mass is 16.5. The lowest BCUT2D eigenvalue weighted by Crippen LogP contribution is -2.45. The first-order valence-electron chi connectivity index (χ1n) is 9.85. The van der Waals surface area contributed by atoms with Crippen molar-refractivity contribution in [3.63, 3.8) is 0 Å². The van der Waals surface area contributed by atoms with Crippen LogP contribution in [0.3, 0.4) is 0 Å². The Labute approximate surface area is 160 Å². The van der Waals surface area contributed by atoms with Crippen molar-refractivity contribution in [1.82, 2.24) is 29.7 Å². The number of likely N-dealkylation sites (N-methyl/N-ethyl adjacent to an activating group) is 1. The normalized spacial score (nSPS) is 23.9. The van der Waals surface area contributed by atoms with Gasteiger partial charge in [-0.15, -0.1) is 0 Å². The Hall–Kier alpha value is -2.03. The van der Waals surface area contributed by atoms with E-state index in [0.29, 0.717) is 0 Å². The van der Waals surface area contributed by atoms with Crippen molar-refractivity contribution in [2.24, 2.45) is 0 Å². The molecule has 0 saturated carbocycles. The van der Waals surface area contributed by atoms with Crippen LogP contribution in [0, 0.1) is 0 Å². The summed E-state index contributed by atoms with van der Waals surface area (Å²) < 4.78 is 8.11. The number of nitrogens with zero attached hydrogens (tertiary/aromatic N) is 6. The quantitative estimate of drug-likeness (QED) is 0.814. The second-order valence-electron chi connectivity index (χ2n) is 7.32. The summed E-state index contributed by atoms with van der Waals surface area (Å²) in [5.41, 5.74) is 1.09. The van der Waals surface area contributed by atoms with E-state index in [9.17, 15) is 0 Å². The highest BCUT2D eigenvalue weighted by Gasteiger charge is 2.32.